The summed E-state index contributed by atoms with van der Waals surface area (Å²) >= 11 is 0. The van der Waals surface area contributed by atoms with Crippen LogP contribution in [0.2, 0.25) is 0 Å². The summed E-state index contributed by atoms with van der Waals surface area (Å²) in [6, 6.07) is 8.59. The largest absolute Gasteiger partial charge is 0.493 e. The molecule has 1 saturated carbocycles. The lowest BCUT2D eigenvalue weighted by Crippen LogP contribution is -2.48. The van der Waals surface area contributed by atoms with E-state index < -0.39 is 0 Å². The molecular weight excluding hydrogens is 324 g/mol. The first-order chi connectivity index (χ1) is 12.4. The van der Waals surface area contributed by atoms with Gasteiger partial charge in [-0.3, -0.25) is 5.32 Å². The van der Waals surface area contributed by atoms with E-state index in [1.54, 1.807) is 14.2 Å². The Balaban J connectivity index is 1.91. The van der Waals surface area contributed by atoms with Crippen LogP contribution in [0.3, 0.4) is 0 Å². The highest BCUT2D eigenvalue weighted by atomic mass is 16.5. The molecule has 1 aromatic rings. The Labute approximate surface area is 158 Å². The fourth-order valence-electron chi connectivity index (χ4n) is 3.99. The van der Waals surface area contributed by atoms with Crippen molar-refractivity contribution < 1.29 is 9.47 Å². The van der Waals surface area contributed by atoms with E-state index in [2.05, 4.69) is 38.2 Å². The van der Waals surface area contributed by atoms with E-state index in [4.69, 9.17) is 9.47 Å². The minimum Gasteiger partial charge on any atom is -0.493 e. The summed E-state index contributed by atoms with van der Waals surface area (Å²) in [5, 5.41) is 13.3. The van der Waals surface area contributed by atoms with Crippen LogP contribution in [0.1, 0.15) is 58.4 Å². The zero-order chi connectivity index (χ0) is 19.2. The lowest BCUT2D eigenvalue weighted by Gasteiger charge is -2.42. The molecule has 0 spiro atoms. The highest BCUT2D eigenvalue weighted by molar-refractivity contribution is 5.43. The lowest BCUT2D eigenvalue weighted by atomic mass is 9.66. The molecule has 0 heterocycles. The molecule has 0 aliphatic heterocycles. The SMILES string of the molecule is CCC(C)(C)C1CCC(C#N)(NCCc2ccc(OC)c(OC)c2)CC1. The first kappa shape index (κ1) is 20.6. The molecule has 1 aliphatic rings. The summed E-state index contributed by atoms with van der Waals surface area (Å²) in [6.45, 7) is 7.79. The third-order valence-electron chi connectivity index (χ3n) is 6.39. The Kier molecular flexibility index (Phi) is 6.94. The van der Waals surface area contributed by atoms with E-state index in [-0.39, 0.29) is 5.54 Å². The number of benzene rings is 1. The smallest absolute Gasteiger partial charge is 0.160 e. The zero-order valence-corrected chi connectivity index (χ0v) is 17.0. The van der Waals surface area contributed by atoms with Gasteiger partial charge in [-0.05, 0) is 61.1 Å². The van der Waals surface area contributed by atoms with Crippen molar-refractivity contribution in [3.8, 4) is 17.6 Å². The highest BCUT2D eigenvalue weighted by Crippen LogP contribution is 2.43. The molecule has 0 aromatic heterocycles. The standard InChI is InChI=1S/C22H34N2O2/c1-6-21(2,3)18-9-12-22(16-23,13-10-18)24-14-11-17-7-8-19(25-4)20(15-17)26-5/h7-8,15,18,24H,6,9-14H2,1-5H3. The Morgan fingerprint density at radius 1 is 1.19 bits per heavy atom. The summed E-state index contributed by atoms with van der Waals surface area (Å²) in [7, 11) is 3.30. The van der Waals surface area contributed by atoms with Crippen LogP contribution in [0.5, 0.6) is 11.5 Å². The van der Waals surface area contributed by atoms with Crippen molar-refractivity contribution in [1.82, 2.24) is 5.32 Å². The van der Waals surface area contributed by atoms with Crippen LogP contribution in [0.4, 0.5) is 0 Å². The Bertz CT molecular complexity index is 626. The minimum absolute atomic E-state index is 0.364. The van der Waals surface area contributed by atoms with Gasteiger partial charge in [0.2, 0.25) is 0 Å². The molecule has 0 unspecified atom stereocenters. The van der Waals surface area contributed by atoms with E-state index in [1.165, 1.54) is 12.0 Å². The van der Waals surface area contributed by atoms with E-state index in [9.17, 15) is 5.26 Å². The first-order valence-electron chi connectivity index (χ1n) is 9.77. The molecule has 0 amide bonds. The van der Waals surface area contributed by atoms with Gasteiger partial charge in [-0.1, -0.05) is 33.3 Å². The molecule has 1 aromatic carbocycles. The molecule has 1 aliphatic carbocycles. The normalized spacial score (nSPS) is 23.3. The Morgan fingerprint density at radius 3 is 2.38 bits per heavy atom. The second-order valence-corrected chi connectivity index (χ2v) is 8.18. The number of rotatable bonds is 8. The number of nitrogens with zero attached hydrogens (tertiary/aromatic N) is 1. The van der Waals surface area contributed by atoms with Gasteiger partial charge in [-0.25, -0.2) is 0 Å². The summed E-state index contributed by atoms with van der Waals surface area (Å²) in [6.07, 6.45) is 6.24. The number of methoxy groups -OCH3 is 2. The highest BCUT2D eigenvalue weighted by Gasteiger charge is 2.39. The van der Waals surface area contributed by atoms with E-state index >= 15 is 0 Å². The van der Waals surface area contributed by atoms with Gasteiger partial charge in [-0.2, -0.15) is 5.26 Å². The fraction of sp³-hybridized carbons (Fsp3) is 0.682. The van der Waals surface area contributed by atoms with Crippen LogP contribution < -0.4 is 14.8 Å². The van der Waals surface area contributed by atoms with Crippen molar-refractivity contribution in [3.63, 3.8) is 0 Å². The van der Waals surface area contributed by atoms with Crippen LogP contribution in [-0.2, 0) is 6.42 Å². The van der Waals surface area contributed by atoms with Crippen LogP contribution in [-0.4, -0.2) is 26.3 Å². The van der Waals surface area contributed by atoms with Crippen molar-refractivity contribution in [1.29, 1.82) is 5.26 Å². The van der Waals surface area contributed by atoms with E-state index in [0.29, 0.717) is 5.41 Å². The molecule has 2 rings (SSSR count). The van der Waals surface area contributed by atoms with Crippen molar-refractivity contribution in [2.24, 2.45) is 11.3 Å². The van der Waals surface area contributed by atoms with Crippen molar-refractivity contribution in [2.75, 3.05) is 20.8 Å². The molecular formula is C22H34N2O2. The fourth-order valence-corrected chi connectivity index (χ4v) is 3.99. The predicted molar refractivity (Wildman–Crippen MR) is 106 cm³/mol. The molecule has 1 N–H and O–H groups in total. The molecule has 26 heavy (non-hydrogen) atoms. The minimum atomic E-state index is -0.364. The number of nitriles is 1. The molecule has 4 nitrogen and oxygen atoms in total. The summed E-state index contributed by atoms with van der Waals surface area (Å²) in [5.74, 6) is 2.22. The topological polar surface area (TPSA) is 54.3 Å². The molecule has 144 valence electrons. The predicted octanol–water partition coefficient (Wildman–Crippen LogP) is 4.72. The van der Waals surface area contributed by atoms with Crippen molar-refractivity contribution in [3.05, 3.63) is 23.8 Å². The van der Waals surface area contributed by atoms with Crippen molar-refractivity contribution >= 4 is 0 Å². The number of hydrogen-bond donors (Lipinski definition) is 1. The first-order valence-corrected chi connectivity index (χ1v) is 9.77. The van der Waals surface area contributed by atoms with Crippen LogP contribution in [0.25, 0.3) is 0 Å². The third-order valence-corrected chi connectivity index (χ3v) is 6.39. The van der Waals surface area contributed by atoms with Crippen molar-refractivity contribution in [2.45, 2.75) is 64.8 Å². The van der Waals surface area contributed by atoms with Gasteiger partial charge in [-0.15, -0.1) is 0 Å². The lowest BCUT2D eigenvalue weighted by molar-refractivity contribution is 0.119. The molecule has 0 saturated heterocycles. The molecule has 0 bridgehead atoms. The van der Waals surface area contributed by atoms with E-state index in [0.717, 1.165) is 56.1 Å². The molecule has 0 atom stereocenters. The Hall–Kier alpha value is -1.73. The van der Waals surface area contributed by atoms with Crippen LogP contribution in [0, 0.1) is 22.7 Å². The number of ether oxygens (including phenoxy) is 2. The van der Waals surface area contributed by atoms with Crippen LogP contribution in [0.15, 0.2) is 18.2 Å². The van der Waals surface area contributed by atoms with Crippen LogP contribution >= 0.6 is 0 Å². The van der Waals surface area contributed by atoms with Gasteiger partial charge < -0.3 is 9.47 Å². The quantitative estimate of drug-likeness (QED) is 0.730. The van der Waals surface area contributed by atoms with Gasteiger partial charge in [0, 0.05) is 6.54 Å². The average Bonchev–Trinajstić information content (AvgIpc) is 2.68. The zero-order valence-electron chi connectivity index (χ0n) is 17.0. The molecule has 4 heteroatoms. The second-order valence-electron chi connectivity index (χ2n) is 8.18. The second kappa shape index (κ2) is 8.77. The van der Waals surface area contributed by atoms with Gasteiger partial charge in [0.15, 0.2) is 11.5 Å². The van der Waals surface area contributed by atoms with Gasteiger partial charge in [0.25, 0.3) is 0 Å². The maximum Gasteiger partial charge on any atom is 0.160 e. The van der Waals surface area contributed by atoms with Gasteiger partial charge in [0.1, 0.15) is 5.54 Å². The maximum atomic E-state index is 9.79. The number of nitrogens with one attached hydrogen (secondary N) is 1. The summed E-state index contributed by atoms with van der Waals surface area (Å²) < 4.78 is 10.7. The third kappa shape index (κ3) is 4.71. The average molecular weight is 359 g/mol. The molecule has 0 radical (unpaired) electrons. The van der Waals surface area contributed by atoms with Gasteiger partial charge in [0.05, 0.1) is 20.3 Å². The number of hydrogen-bond acceptors (Lipinski definition) is 4. The van der Waals surface area contributed by atoms with Gasteiger partial charge >= 0.3 is 0 Å². The molecule has 1 fully saturated rings. The summed E-state index contributed by atoms with van der Waals surface area (Å²) in [4.78, 5) is 0. The Morgan fingerprint density at radius 2 is 1.85 bits per heavy atom. The monoisotopic (exact) mass is 358 g/mol. The summed E-state index contributed by atoms with van der Waals surface area (Å²) in [5.41, 5.74) is 1.20. The maximum absolute atomic E-state index is 9.79. The van der Waals surface area contributed by atoms with E-state index in [1.807, 2.05) is 12.1 Å².